The Morgan fingerprint density at radius 3 is 1.00 bits per heavy atom. The first-order valence-electron chi connectivity index (χ1n) is 18.4. The van der Waals surface area contributed by atoms with E-state index >= 15 is 0 Å². The molecule has 0 fully saturated rings. The van der Waals surface area contributed by atoms with Crippen LogP contribution in [0.5, 0.6) is 0 Å². The SMILES string of the molecule is C.Clc1ccc(Br)c(/C=C\c2cc(Br)c(/C=C\c3cc(Cl)ccc3Br)cc2Br)c1.[CH3][Sn]1([CH3])[c]2ccc(Cl)cc2C=Cc2c[c]3c(c[c]21)C=Cc1cc(Cl)cc[c]1[Sn]3([CH3])[CH3]. The molecule has 0 amide bonds. The Kier molecular flexibility index (Phi) is 15.9. The fourth-order valence-electron chi connectivity index (χ4n) is 7.60. The van der Waals surface area contributed by atoms with Crippen LogP contribution < -0.4 is 14.3 Å². The molecule has 59 heavy (non-hydrogen) atoms. The summed E-state index contributed by atoms with van der Waals surface area (Å²) in [5.74, 6) is 0. The topological polar surface area (TPSA) is 0 Å². The van der Waals surface area contributed by atoms with E-state index in [1.807, 2.05) is 60.7 Å². The number of rotatable bonds is 4. The molecule has 2 aliphatic rings. The van der Waals surface area contributed by atoms with Crippen LogP contribution in [0, 0.1) is 0 Å². The first kappa shape index (κ1) is 47.4. The van der Waals surface area contributed by atoms with Crippen molar-refractivity contribution in [1.82, 2.24) is 0 Å². The molecule has 0 unspecified atom stereocenters. The van der Waals surface area contributed by atoms with Gasteiger partial charge in [0, 0.05) is 27.9 Å². The van der Waals surface area contributed by atoms with Gasteiger partial charge >= 0.3 is 199 Å². The number of halogens is 8. The molecule has 0 radical (unpaired) electrons. The molecule has 6 aromatic rings. The fourth-order valence-corrected chi connectivity index (χ4v) is 27.5. The van der Waals surface area contributed by atoms with Crippen LogP contribution in [0.2, 0.25) is 39.8 Å². The summed E-state index contributed by atoms with van der Waals surface area (Å²) >= 11 is 33.7. The molecular weight excluding hydrogens is 1290 g/mol. The molecule has 0 aliphatic carbocycles. The minimum atomic E-state index is -2.77. The zero-order chi connectivity index (χ0) is 41.5. The van der Waals surface area contributed by atoms with Crippen molar-refractivity contribution in [3.05, 3.63) is 180 Å². The molecule has 2 aliphatic heterocycles. The van der Waals surface area contributed by atoms with Gasteiger partial charge in [-0.1, -0.05) is 119 Å². The monoisotopic (exact) mass is 1320 g/mol. The van der Waals surface area contributed by atoms with Crippen molar-refractivity contribution in [3.8, 4) is 0 Å². The molecule has 8 rings (SSSR count). The van der Waals surface area contributed by atoms with Gasteiger partial charge in [0.15, 0.2) is 0 Å². The van der Waals surface area contributed by atoms with Crippen molar-refractivity contribution < 1.29 is 0 Å². The van der Waals surface area contributed by atoms with Crippen LogP contribution in [0.3, 0.4) is 0 Å². The van der Waals surface area contributed by atoms with E-state index in [1.165, 1.54) is 29.4 Å². The van der Waals surface area contributed by atoms with Crippen LogP contribution in [0.1, 0.15) is 51.9 Å². The molecule has 0 saturated heterocycles. The van der Waals surface area contributed by atoms with Gasteiger partial charge in [0.25, 0.3) is 0 Å². The summed E-state index contributed by atoms with van der Waals surface area (Å²) < 4.78 is 10.2. The maximum absolute atomic E-state index is 6.33. The zero-order valence-corrected chi connectivity index (χ0v) is 47.0. The third-order valence-electron chi connectivity index (χ3n) is 10.7. The van der Waals surface area contributed by atoms with E-state index < -0.39 is 36.8 Å². The van der Waals surface area contributed by atoms with Crippen molar-refractivity contribution in [1.29, 1.82) is 0 Å². The molecule has 0 N–H and O–H groups in total. The molecule has 0 atom stereocenters. The zero-order valence-electron chi connectivity index (χ0n) is 31.9. The van der Waals surface area contributed by atoms with Gasteiger partial charge < -0.3 is 0 Å². The fraction of sp³-hybridized carbons (Fsp3) is 0.102. The Labute approximate surface area is 411 Å². The Morgan fingerprint density at radius 2 is 0.644 bits per heavy atom. The molecule has 0 spiro atoms. The molecule has 300 valence electrons. The standard InChI is InChI=1S/C22H12Br4Cl2.C22H12Cl2.CH4.4CH3.2Sn/c23-19-7-5-17(27)9-13(19)1-3-15-11-22(26)16(12-21(15)25)4-2-14-10-18(28)6-8-20(14)24;23-21-5-1-3-19(15-21)13-11-17-7-9-18(10-8-17)12-14-20-4-2-6-22(24)16-20;;;;;;;/h1-12H;1-2,5-7,10-16H;1H4;4*1H3;;/b3-1-,4-2-;;;;;;;;. The van der Waals surface area contributed by atoms with Crippen LogP contribution in [-0.4, -0.2) is 36.8 Å². The van der Waals surface area contributed by atoms with Gasteiger partial charge in [-0.15, -0.1) is 0 Å². The van der Waals surface area contributed by atoms with Crippen LogP contribution >= 0.6 is 110 Å². The van der Waals surface area contributed by atoms with E-state index in [0.717, 1.165) is 50.2 Å². The van der Waals surface area contributed by atoms with Gasteiger partial charge in [-0.2, -0.15) is 0 Å². The summed E-state index contributed by atoms with van der Waals surface area (Å²) in [6, 6.07) is 33.6. The molecule has 0 bridgehead atoms. The van der Waals surface area contributed by atoms with E-state index in [1.54, 1.807) is 7.16 Å². The van der Waals surface area contributed by atoms with E-state index in [9.17, 15) is 0 Å². The molecule has 10 heteroatoms. The van der Waals surface area contributed by atoms with E-state index in [2.05, 4.69) is 168 Å². The van der Waals surface area contributed by atoms with Gasteiger partial charge in [0.05, 0.1) is 0 Å². The molecule has 6 aromatic carbocycles. The van der Waals surface area contributed by atoms with E-state index in [-0.39, 0.29) is 7.43 Å². The van der Waals surface area contributed by atoms with Crippen LogP contribution in [-0.2, 0) is 0 Å². The number of fused-ring (bicyclic) bond motifs is 4. The average Bonchev–Trinajstić information content (AvgIpc) is 3.35. The first-order valence-corrected chi connectivity index (χ1v) is 40.2. The van der Waals surface area contributed by atoms with E-state index in [4.69, 9.17) is 46.4 Å². The predicted molar refractivity (Wildman–Crippen MR) is 285 cm³/mol. The van der Waals surface area contributed by atoms with Crippen molar-refractivity contribution >= 4 is 210 Å². The van der Waals surface area contributed by atoms with Gasteiger partial charge in [0.2, 0.25) is 0 Å². The van der Waals surface area contributed by atoms with Crippen LogP contribution in [0.25, 0.3) is 48.6 Å². The van der Waals surface area contributed by atoms with Crippen molar-refractivity contribution in [2.75, 3.05) is 0 Å². The average molecular weight is 1330 g/mol. The quantitative estimate of drug-likeness (QED) is 0.122. The Bertz CT molecular complexity index is 2550. The van der Waals surface area contributed by atoms with Crippen molar-refractivity contribution in [2.45, 2.75) is 27.2 Å². The molecule has 0 nitrogen and oxygen atoms in total. The van der Waals surface area contributed by atoms with Crippen molar-refractivity contribution in [3.63, 3.8) is 0 Å². The second-order valence-electron chi connectivity index (χ2n) is 15.3. The third kappa shape index (κ3) is 10.7. The number of hydrogen-bond acceptors (Lipinski definition) is 0. The van der Waals surface area contributed by atoms with Crippen LogP contribution in [0.4, 0.5) is 0 Å². The summed E-state index contributed by atoms with van der Waals surface area (Å²) in [5, 5.41) is 3.04. The second kappa shape index (κ2) is 19.8. The van der Waals surface area contributed by atoms with E-state index in [0.29, 0.717) is 10.0 Å². The van der Waals surface area contributed by atoms with Gasteiger partial charge in [-0.3, -0.25) is 0 Å². The van der Waals surface area contributed by atoms with Gasteiger partial charge in [-0.25, -0.2) is 0 Å². The summed E-state index contributed by atoms with van der Waals surface area (Å²) in [4.78, 5) is 10.1. The predicted octanol–water partition coefficient (Wildman–Crippen LogP) is 16.6. The Morgan fingerprint density at radius 1 is 0.356 bits per heavy atom. The molecule has 2 heterocycles. The molecule has 0 aromatic heterocycles. The minimum absolute atomic E-state index is 0. The maximum atomic E-state index is 6.33. The van der Waals surface area contributed by atoms with Gasteiger partial charge in [-0.05, 0) is 70.8 Å². The summed E-state index contributed by atoms with van der Waals surface area (Å²) in [7, 11) is 0. The van der Waals surface area contributed by atoms with Gasteiger partial charge in [0.1, 0.15) is 0 Å². The van der Waals surface area contributed by atoms with Crippen molar-refractivity contribution in [2.24, 2.45) is 0 Å². The number of benzene rings is 6. The second-order valence-corrected chi connectivity index (χ2v) is 45.2. The molecular formula is C49H40Br4Cl4Sn2. The summed E-state index contributed by atoms with van der Waals surface area (Å²) in [6.45, 7) is 0. The summed E-state index contributed by atoms with van der Waals surface area (Å²) in [5.41, 5.74) is 9.58. The third-order valence-corrected chi connectivity index (χ3v) is 34.9. The Hall–Kier alpha value is -1.04. The Balaban J connectivity index is 0.000000196. The van der Waals surface area contributed by atoms with Crippen LogP contribution in [0.15, 0.2) is 115 Å². The molecule has 0 saturated carbocycles. The first-order chi connectivity index (χ1) is 27.5. The normalized spacial score (nSPS) is 14.3. The number of hydrogen-bond donors (Lipinski definition) is 0. The summed E-state index contributed by atoms with van der Waals surface area (Å²) in [6.07, 6.45) is 17.4.